The molecule has 1 aliphatic rings. The molecule has 0 aromatic rings. The molecule has 1 rings (SSSR count). The van der Waals surface area contributed by atoms with Crippen LogP contribution in [0.2, 0.25) is 0 Å². The van der Waals surface area contributed by atoms with E-state index in [1.807, 2.05) is 0 Å². The molecule has 0 aromatic heterocycles. The summed E-state index contributed by atoms with van der Waals surface area (Å²) < 4.78 is 0. The fraction of sp³-hybridized carbons (Fsp3) is 0.833. The largest absolute Gasteiger partial charge is 0.299 e. The Kier molecular flexibility index (Phi) is 8.09. The smallest absolute Gasteiger partial charge is 0.136 e. The van der Waals surface area contributed by atoms with E-state index in [4.69, 9.17) is 0 Å². The first-order valence-electron chi connectivity index (χ1n) is 8.39. The standard InChI is InChI=1S/C18H32O/c1-4-6-10-16(11-7-5-2)15(3)14-17-12-8-9-13-18(17)19/h16-17H,3-14H2,1-2H3. The third-order valence-electron chi connectivity index (χ3n) is 4.58. The van der Waals surface area contributed by atoms with E-state index in [-0.39, 0.29) is 0 Å². The van der Waals surface area contributed by atoms with Gasteiger partial charge in [0.2, 0.25) is 0 Å². The highest BCUT2D eigenvalue weighted by Gasteiger charge is 2.24. The number of rotatable bonds is 9. The quantitative estimate of drug-likeness (QED) is 0.489. The maximum Gasteiger partial charge on any atom is 0.136 e. The highest BCUT2D eigenvalue weighted by Crippen LogP contribution is 2.32. The maximum atomic E-state index is 11.9. The van der Waals surface area contributed by atoms with Gasteiger partial charge in [-0.15, -0.1) is 0 Å². The van der Waals surface area contributed by atoms with Crippen LogP contribution < -0.4 is 0 Å². The van der Waals surface area contributed by atoms with Crippen LogP contribution in [0.15, 0.2) is 12.2 Å². The predicted molar refractivity (Wildman–Crippen MR) is 83.3 cm³/mol. The summed E-state index contributed by atoms with van der Waals surface area (Å²) in [6.45, 7) is 8.85. The Balaban J connectivity index is 2.46. The first kappa shape index (κ1) is 16.5. The van der Waals surface area contributed by atoms with E-state index in [1.54, 1.807) is 0 Å². The van der Waals surface area contributed by atoms with E-state index < -0.39 is 0 Å². The lowest BCUT2D eigenvalue weighted by Gasteiger charge is -2.25. The van der Waals surface area contributed by atoms with Gasteiger partial charge in [-0.25, -0.2) is 0 Å². The molecule has 0 heterocycles. The Morgan fingerprint density at radius 3 is 2.37 bits per heavy atom. The molecule has 1 fully saturated rings. The minimum Gasteiger partial charge on any atom is -0.299 e. The normalized spacial score (nSPS) is 19.9. The van der Waals surface area contributed by atoms with E-state index in [0.717, 1.165) is 25.7 Å². The average Bonchev–Trinajstić information content (AvgIpc) is 2.41. The van der Waals surface area contributed by atoms with Gasteiger partial charge in [-0.1, -0.05) is 58.1 Å². The van der Waals surface area contributed by atoms with Crippen LogP contribution in [0.5, 0.6) is 0 Å². The number of Topliss-reactive ketones (excluding diaryl/α,β-unsaturated/α-hetero) is 1. The fourth-order valence-corrected chi connectivity index (χ4v) is 3.21. The van der Waals surface area contributed by atoms with Crippen LogP contribution in [0, 0.1) is 11.8 Å². The minimum absolute atomic E-state index is 0.298. The summed E-state index contributed by atoms with van der Waals surface area (Å²) in [4.78, 5) is 11.9. The number of allylic oxidation sites excluding steroid dienone is 1. The van der Waals surface area contributed by atoms with Crippen molar-refractivity contribution in [1.29, 1.82) is 0 Å². The van der Waals surface area contributed by atoms with Crippen molar-refractivity contribution in [2.75, 3.05) is 0 Å². The van der Waals surface area contributed by atoms with Crippen molar-refractivity contribution in [3.05, 3.63) is 12.2 Å². The molecule has 0 amide bonds. The zero-order valence-electron chi connectivity index (χ0n) is 13.0. The molecule has 0 bridgehead atoms. The molecular formula is C18H32O. The Bertz CT molecular complexity index is 271. The third kappa shape index (κ3) is 5.93. The van der Waals surface area contributed by atoms with Gasteiger partial charge in [0, 0.05) is 12.3 Å². The van der Waals surface area contributed by atoms with Gasteiger partial charge in [-0.05, 0) is 38.0 Å². The van der Waals surface area contributed by atoms with Gasteiger partial charge in [-0.3, -0.25) is 4.79 Å². The number of carbonyl (C=O) groups excluding carboxylic acids is 1. The zero-order chi connectivity index (χ0) is 14.1. The van der Waals surface area contributed by atoms with E-state index >= 15 is 0 Å². The lowest BCUT2D eigenvalue weighted by molar-refractivity contribution is -0.124. The van der Waals surface area contributed by atoms with Gasteiger partial charge in [0.05, 0.1) is 0 Å². The molecule has 110 valence electrons. The summed E-state index contributed by atoms with van der Waals surface area (Å²) in [5.41, 5.74) is 1.36. The Hall–Kier alpha value is -0.590. The predicted octanol–water partition coefficient (Wildman–Crippen LogP) is 5.69. The first-order valence-corrected chi connectivity index (χ1v) is 8.39. The van der Waals surface area contributed by atoms with Crippen LogP contribution in [-0.2, 0) is 4.79 Å². The Morgan fingerprint density at radius 2 is 1.84 bits per heavy atom. The van der Waals surface area contributed by atoms with Gasteiger partial charge >= 0.3 is 0 Å². The second kappa shape index (κ2) is 9.34. The van der Waals surface area contributed by atoms with Crippen molar-refractivity contribution in [2.45, 2.75) is 84.5 Å². The summed E-state index contributed by atoms with van der Waals surface area (Å²) in [7, 11) is 0. The number of hydrogen-bond donors (Lipinski definition) is 0. The monoisotopic (exact) mass is 264 g/mol. The molecule has 0 spiro atoms. The third-order valence-corrected chi connectivity index (χ3v) is 4.58. The second-order valence-electron chi connectivity index (χ2n) is 6.25. The molecule has 1 heteroatoms. The number of carbonyl (C=O) groups is 1. The van der Waals surface area contributed by atoms with Crippen LogP contribution >= 0.6 is 0 Å². The van der Waals surface area contributed by atoms with E-state index in [0.29, 0.717) is 17.6 Å². The summed E-state index contributed by atoms with van der Waals surface area (Å²) in [5, 5.41) is 0. The highest BCUT2D eigenvalue weighted by atomic mass is 16.1. The van der Waals surface area contributed by atoms with E-state index in [9.17, 15) is 4.79 Å². The molecule has 0 saturated heterocycles. The molecule has 1 unspecified atom stereocenters. The molecule has 1 nitrogen and oxygen atoms in total. The molecule has 1 aliphatic carbocycles. The summed E-state index contributed by atoms with van der Waals surface area (Å²) in [5.74, 6) is 1.46. The van der Waals surface area contributed by atoms with Crippen LogP contribution in [0.4, 0.5) is 0 Å². The second-order valence-corrected chi connectivity index (χ2v) is 6.25. The summed E-state index contributed by atoms with van der Waals surface area (Å²) in [6, 6.07) is 0. The van der Waals surface area contributed by atoms with E-state index in [1.165, 1.54) is 50.5 Å². The fourth-order valence-electron chi connectivity index (χ4n) is 3.21. The van der Waals surface area contributed by atoms with Crippen molar-refractivity contribution in [3.63, 3.8) is 0 Å². The van der Waals surface area contributed by atoms with Gasteiger partial charge < -0.3 is 0 Å². The topological polar surface area (TPSA) is 17.1 Å². The molecule has 0 radical (unpaired) electrons. The van der Waals surface area contributed by atoms with Crippen molar-refractivity contribution in [1.82, 2.24) is 0 Å². The molecule has 19 heavy (non-hydrogen) atoms. The summed E-state index contributed by atoms with van der Waals surface area (Å²) >= 11 is 0. The van der Waals surface area contributed by atoms with Gasteiger partial charge in [0.1, 0.15) is 5.78 Å². The van der Waals surface area contributed by atoms with Crippen LogP contribution in [0.1, 0.15) is 84.5 Å². The molecule has 0 N–H and O–H groups in total. The first-order chi connectivity index (χ1) is 9.19. The van der Waals surface area contributed by atoms with Crippen LogP contribution in [0.3, 0.4) is 0 Å². The van der Waals surface area contributed by atoms with Crippen LogP contribution in [0.25, 0.3) is 0 Å². The van der Waals surface area contributed by atoms with Crippen molar-refractivity contribution in [2.24, 2.45) is 11.8 Å². The Labute approximate surface area is 119 Å². The lowest BCUT2D eigenvalue weighted by Crippen LogP contribution is -2.21. The maximum absolute atomic E-state index is 11.9. The number of unbranched alkanes of at least 4 members (excludes halogenated alkanes) is 2. The minimum atomic E-state index is 0.298. The van der Waals surface area contributed by atoms with Gasteiger partial charge in [0.25, 0.3) is 0 Å². The van der Waals surface area contributed by atoms with Crippen LogP contribution in [-0.4, -0.2) is 5.78 Å². The van der Waals surface area contributed by atoms with Crippen molar-refractivity contribution in [3.8, 4) is 0 Å². The summed E-state index contributed by atoms with van der Waals surface area (Å²) in [6.07, 6.45) is 12.9. The average molecular weight is 264 g/mol. The van der Waals surface area contributed by atoms with Crippen molar-refractivity contribution >= 4 is 5.78 Å². The highest BCUT2D eigenvalue weighted by molar-refractivity contribution is 5.81. The van der Waals surface area contributed by atoms with E-state index in [2.05, 4.69) is 20.4 Å². The Morgan fingerprint density at radius 1 is 1.21 bits per heavy atom. The van der Waals surface area contributed by atoms with Gasteiger partial charge in [0.15, 0.2) is 0 Å². The molecular weight excluding hydrogens is 232 g/mol. The zero-order valence-corrected chi connectivity index (χ0v) is 13.0. The molecule has 1 atom stereocenters. The lowest BCUT2D eigenvalue weighted by atomic mass is 9.79. The SMILES string of the molecule is C=C(CC1CCCCC1=O)C(CCCC)CCCC. The molecule has 0 aliphatic heterocycles. The molecule has 0 aromatic carbocycles. The number of hydrogen-bond acceptors (Lipinski definition) is 1. The van der Waals surface area contributed by atoms with Crippen molar-refractivity contribution < 1.29 is 4.79 Å². The number of ketones is 1. The molecule has 1 saturated carbocycles. The van der Waals surface area contributed by atoms with Gasteiger partial charge in [-0.2, -0.15) is 0 Å².